The van der Waals surface area contributed by atoms with Crippen LogP contribution in [0.4, 0.5) is 8.78 Å². The van der Waals surface area contributed by atoms with Crippen molar-refractivity contribution in [2.75, 3.05) is 0 Å². The third-order valence-corrected chi connectivity index (χ3v) is 7.68. The van der Waals surface area contributed by atoms with Crippen LogP contribution in [0.2, 0.25) is 0 Å². The van der Waals surface area contributed by atoms with Gasteiger partial charge in [-0.2, -0.15) is 0 Å². The van der Waals surface area contributed by atoms with E-state index >= 15 is 0 Å². The largest absolute Gasteiger partial charge is 0.203 e. The zero-order chi connectivity index (χ0) is 22.1. The fourth-order valence-electron chi connectivity index (χ4n) is 5.53. The van der Waals surface area contributed by atoms with E-state index in [4.69, 9.17) is 0 Å². The van der Waals surface area contributed by atoms with Gasteiger partial charge in [0.2, 0.25) is 0 Å². The fraction of sp³-hybridized carbons (Fsp3) is 0.655. The molecule has 172 valence electrons. The molecule has 0 bridgehead atoms. The Balaban J connectivity index is 1.35. The number of benzene rings is 1. The molecule has 0 radical (unpaired) electrons. The van der Waals surface area contributed by atoms with Crippen molar-refractivity contribution in [1.29, 1.82) is 0 Å². The van der Waals surface area contributed by atoms with Gasteiger partial charge in [0.25, 0.3) is 0 Å². The van der Waals surface area contributed by atoms with Gasteiger partial charge in [-0.25, -0.2) is 8.78 Å². The Morgan fingerprint density at radius 2 is 1.52 bits per heavy atom. The second-order valence-electron chi connectivity index (χ2n) is 10.0. The van der Waals surface area contributed by atoms with E-state index < -0.39 is 11.6 Å². The van der Waals surface area contributed by atoms with E-state index in [2.05, 4.69) is 19.1 Å². The Morgan fingerprint density at radius 3 is 2.16 bits per heavy atom. The molecule has 1 fully saturated rings. The maximum Gasteiger partial charge on any atom is 0.166 e. The zero-order valence-corrected chi connectivity index (χ0v) is 19.8. The monoisotopic (exact) mass is 428 g/mol. The number of allylic oxidation sites excluding steroid dienone is 4. The lowest BCUT2D eigenvalue weighted by atomic mass is 9.72. The molecule has 0 amide bonds. The number of hydrogen-bond donors (Lipinski definition) is 0. The maximum atomic E-state index is 14.3. The standard InChI is InChI=1S/C29H42F2/c1-3-4-5-6-7-8-9-10-11-23-13-15-24(16-14-23)25-17-19-26(20-18-25)27-21-12-22(2)28(30)29(27)31/h12,17,19-21,23-25H,3-11,13-16,18H2,1-2H3. The van der Waals surface area contributed by atoms with E-state index in [1.807, 2.05) is 6.08 Å². The third kappa shape index (κ3) is 7.02. The Kier molecular flexibility index (Phi) is 9.81. The van der Waals surface area contributed by atoms with Crippen LogP contribution in [0.3, 0.4) is 0 Å². The average molecular weight is 429 g/mol. The summed E-state index contributed by atoms with van der Waals surface area (Å²) in [5, 5.41) is 0. The molecule has 3 rings (SSSR count). The molecule has 0 aliphatic heterocycles. The van der Waals surface area contributed by atoms with E-state index in [0.29, 0.717) is 17.0 Å². The number of hydrogen-bond acceptors (Lipinski definition) is 0. The smallest absolute Gasteiger partial charge is 0.166 e. The molecule has 0 heterocycles. The highest BCUT2D eigenvalue weighted by Crippen LogP contribution is 2.40. The van der Waals surface area contributed by atoms with Crippen molar-refractivity contribution < 1.29 is 8.78 Å². The molecule has 31 heavy (non-hydrogen) atoms. The van der Waals surface area contributed by atoms with Crippen LogP contribution >= 0.6 is 0 Å². The van der Waals surface area contributed by atoms with E-state index in [9.17, 15) is 8.78 Å². The summed E-state index contributed by atoms with van der Waals surface area (Å²) in [4.78, 5) is 0. The highest BCUT2D eigenvalue weighted by molar-refractivity contribution is 5.75. The summed E-state index contributed by atoms with van der Waals surface area (Å²) in [7, 11) is 0. The summed E-state index contributed by atoms with van der Waals surface area (Å²) in [6.07, 6.45) is 25.4. The van der Waals surface area contributed by atoms with Crippen LogP contribution in [0.25, 0.3) is 5.57 Å². The van der Waals surface area contributed by atoms with Crippen LogP contribution in [-0.4, -0.2) is 0 Å². The summed E-state index contributed by atoms with van der Waals surface area (Å²) in [5.74, 6) is 0.814. The van der Waals surface area contributed by atoms with Crippen molar-refractivity contribution in [2.24, 2.45) is 17.8 Å². The Morgan fingerprint density at radius 1 is 0.839 bits per heavy atom. The predicted molar refractivity (Wildman–Crippen MR) is 129 cm³/mol. The van der Waals surface area contributed by atoms with E-state index in [1.54, 1.807) is 19.1 Å². The van der Waals surface area contributed by atoms with Crippen LogP contribution in [0.15, 0.2) is 30.4 Å². The van der Waals surface area contributed by atoms with Crippen LogP contribution in [0, 0.1) is 36.3 Å². The van der Waals surface area contributed by atoms with Crippen LogP contribution in [0.5, 0.6) is 0 Å². The normalized spacial score (nSPS) is 23.7. The second kappa shape index (κ2) is 12.6. The molecule has 1 unspecified atom stereocenters. The third-order valence-electron chi connectivity index (χ3n) is 7.68. The number of aryl methyl sites for hydroxylation is 1. The zero-order valence-electron chi connectivity index (χ0n) is 19.8. The maximum absolute atomic E-state index is 14.3. The molecule has 1 aromatic carbocycles. The van der Waals surface area contributed by atoms with Gasteiger partial charge in [-0.3, -0.25) is 0 Å². The molecule has 0 saturated heterocycles. The van der Waals surface area contributed by atoms with Gasteiger partial charge in [-0.05, 0) is 55.1 Å². The molecule has 0 aromatic heterocycles. The van der Waals surface area contributed by atoms with Gasteiger partial charge in [0, 0.05) is 5.56 Å². The van der Waals surface area contributed by atoms with Crippen molar-refractivity contribution in [1.82, 2.24) is 0 Å². The van der Waals surface area contributed by atoms with E-state index in [-0.39, 0.29) is 0 Å². The quantitative estimate of drug-likeness (QED) is 0.308. The minimum atomic E-state index is -0.719. The number of halogens is 2. The summed E-state index contributed by atoms with van der Waals surface area (Å²) in [6.45, 7) is 3.89. The van der Waals surface area contributed by atoms with E-state index in [0.717, 1.165) is 23.8 Å². The summed E-state index contributed by atoms with van der Waals surface area (Å²) in [6, 6.07) is 3.38. The van der Waals surface area contributed by atoms with Crippen LogP contribution in [-0.2, 0) is 0 Å². The van der Waals surface area contributed by atoms with Gasteiger partial charge in [-0.1, -0.05) is 108 Å². The number of unbranched alkanes of at least 4 members (excludes halogenated alkanes) is 7. The first-order valence-corrected chi connectivity index (χ1v) is 12.9. The molecule has 2 heteroatoms. The van der Waals surface area contributed by atoms with Gasteiger partial charge in [0.1, 0.15) is 0 Å². The first-order chi connectivity index (χ1) is 15.1. The Hall–Kier alpha value is -1.44. The van der Waals surface area contributed by atoms with Gasteiger partial charge in [0.05, 0.1) is 0 Å². The van der Waals surface area contributed by atoms with Crippen molar-refractivity contribution in [3.63, 3.8) is 0 Å². The van der Waals surface area contributed by atoms with Crippen molar-refractivity contribution in [3.8, 4) is 0 Å². The first-order valence-electron chi connectivity index (χ1n) is 12.9. The molecular formula is C29H42F2. The topological polar surface area (TPSA) is 0 Å². The molecule has 2 aliphatic carbocycles. The lowest BCUT2D eigenvalue weighted by Gasteiger charge is -2.33. The summed E-state index contributed by atoms with van der Waals surface area (Å²) >= 11 is 0. The molecular weight excluding hydrogens is 386 g/mol. The van der Waals surface area contributed by atoms with Crippen LogP contribution in [0.1, 0.15) is 108 Å². The molecule has 0 spiro atoms. The predicted octanol–water partition coefficient (Wildman–Crippen LogP) is 9.57. The summed E-state index contributed by atoms with van der Waals surface area (Å²) < 4.78 is 28.2. The van der Waals surface area contributed by atoms with Gasteiger partial charge in [0.15, 0.2) is 11.6 Å². The van der Waals surface area contributed by atoms with Gasteiger partial charge in [-0.15, -0.1) is 0 Å². The summed E-state index contributed by atoms with van der Waals surface area (Å²) in [5.41, 5.74) is 1.59. The fourth-order valence-corrected chi connectivity index (χ4v) is 5.53. The Bertz CT molecular complexity index is 737. The van der Waals surface area contributed by atoms with Gasteiger partial charge < -0.3 is 0 Å². The highest BCUT2D eigenvalue weighted by Gasteiger charge is 2.27. The SMILES string of the molecule is CCCCCCCCCCC1CCC(C2C=CC(c3ccc(C)c(F)c3F)=CC2)CC1. The second-order valence-corrected chi connectivity index (χ2v) is 10.0. The Labute approximate surface area is 189 Å². The van der Waals surface area contributed by atoms with Gasteiger partial charge >= 0.3 is 0 Å². The molecule has 1 atom stereocenters. The molecule has 2 aliphatic rings. The van der Waals surface area contributed by atoms with E-state index in [1.165, 1.54) is 83.5 Å². The highest BCUT2D eigenvalue weighted by atomic mass is 19.2. The first kappa shape index (κ1) is 24.2. The molecule has 1 aromatic rings. The minimum absolute atomic E-state index is 0.364. The average Bonchev–Trinajstić information content (AvgIpc) is 2.80. The number of rotatable bonds is 11. The van der Waals surface area contributed by atoms with Crippen molar-refractivity contribution >= 4 is 5.57 Å². The minimum Gasteiger partial charge on any atom is -0.203 e. The lowest BCUT2D eigenvalue weighted by molar-refractivity contribution is 0.218. The molecule has 1 saturated carbocycles. The van der Waals surface area contributed by atoms with Crippen LogP contribution < -0.4 is 0 Å². The molecule has 0 nitrogen and oxygen atoms in total. The lowest BCUT2D eigenvalue weighted by Crippen LogP contribution is -2.21. The van der Waals surface area contributed by atoms with Crippen molar-refractivity contribution in [2.45, 2.75) is 104 Å². The van der Waals surface area contributed by atoms with Crippen molar-refractivity contribution in [3.05, 3.63) is 53.1 Å². The molecule has 0 N–H and O–H groups in total.